The van der Waals surface area contributed by atoms with E-state index in [2.05, 4.69) is 17.0 Å². The minimum Gasteiger partial charge on any atom is -0.496 e. The minimum absolute atomic E-state index is 0.904. The van der Waals surface area contributed by atoms with Crippen LogP contribution in [0.3, 0.4) is 0 Å². The van der Waals surface area contributed by atoms with E-state index in [1.807, 2.05) is 6.92 Å². The lowest BCUT2D eigenvalue weighted by molar-refractivity contribution is 0.389. The van der Waals surface area contributed by atoms with Crippen molar-refractivity contribution < 1.29 is 9.47 Å². The molecule has 0 radical (unpaired) electrons. The largest absolute Gasteiger partial charge is 0.496 e. The standard InChI is InChI=1S/C13H19NO2/c1-10-12(15-2)8-11(9-13(10)16-3)14-6-4-5-7-14/h8-9H,4-7H2,1-3H3. The van der Waals surface area contributed by atoms with Crippen LogP contribution in [0.15, 0.2) is 12.1 Å². The van der Waals surface area contributed by atoms with Crippen molar-refractivity contribution in [2.75, 3.05) is 32.2 Å². The number of methoxy groups -OCH3 is 2. The fraction of sp³-hybridized carbons (Fsp3) is 0.538. The molecule has 16 heavy (non-hydrogen) atoms. The number of ether oxygens (including phenoxy) is 2. The first-order chi connectivity index (χ1) is 7.76. The third kappa shape index (κ3) is 1.94. The number of rotatable bonds is 3. The van der Waals surface area contributed by atoms with E-state index in [1.54, 1.807) is 14.2 Å². The molecule has 0 bridgehead atoms. The van der Waals surface area contributed by atoms with Gasteiger partial charge < -0.3 is 14.4 Å². The van der Waals surface area contributed by atoms with E-state index in [9.17, 15) is 0 Å². The van der Waals surface area contributed by atoms with Crippen LogP contribution in [0.5, 0.6) is 11.5 Å². The van der Waals surface area contributed by atoms with Gasteiger partial charge in [-0.2, -0.15) is 0 Å². The molecule has 1 aliphatic rings. The molecule has 1 heterocycles. The van der Waals surface area contributed by atoms with Crippen molar-refractivity contribution in [1.29, 1.82) is 0 Å². The number of benzene rings is 1. The normalized spacial score (nSPS) is 15.3. The summed E-state index contributed by atoms with van der Waals surface area (Å²) in [6.07, 6.45) is 2.55. The van der Waals surface area contributed by atoms with Gasteiger partial charge in [0.2, 0.25) is 0 Å². The van der Waals surface area contributed by atoms with Gasteiger partial charge in [-0.15, -0.1) is 0 Å². The second-order valence-electron chi connectivity index (χ2n) is 4.17. The number of anilines is 1. The molecule has 88 valence electrons. The van der Waals surface area contributed by atoms with E-state index in [1.165, 1.54) is 18.5 Å². The van der Waals surface area contributed by atoms with Crippen molar-refractivity contribution >= 4 is 5.69 Å². The highest BCUT2D eigenvalue weighted by atomic mass is 16.5. The molecule has 0 aromatic heterocycles. The van der Waals surface area contributed by atoms with Crippen molar-refractivity contribution in [1.82, 2.24) is 0 Å². The maximum Gasteiger partial charge on any atom is 0.127 e. The maximum absolute atomic E-state index is 5.38. The molecule has 1 saturated heterocycles. The van der Waals surface area contributed by atoms with Crippen LogP contribution in [0.2, 0.25) is 0 Å². The molecule has 1 fully saturated rings. The average Bonchev–Trinajstić information content (AvgIpc) is 2.83. The highest BCUT2D eigenvalue weighted by Crippen LogP contribution is 2.34. The zero-order valence-electron chi connectivity index (χ0n) is 10.2. The Hall–Kier alpha value is -1.38. The SMILES string of the molecule is COc1cc(N2CCCC2)cc(OC)c1C. The van der Waals surface area contributed by atoms with Crippen LogP contribution in [-0.2, 0) is 0 Å². The number of nitrogens with zero attached hydrogens (tertiary/aromatic N) is 1. The fourth-order valence-corrected chi connectivity index (χ4v) is 2.23. The first kappa shape index (κ1) is 11.1. The van der Waals surface area contributed by atoms with Gasteiger partial charge in [0.05, 0.1) is 14.2 Å². The fourth-order valence-electron chi connectivity index (χ4n) is 2.23. The monoisotopic (exact) mass is 221 g/mol. The summed E-state index contributed by atoms with van der Waals surface area (Å²) in [5.41, 5.74) is 2.27. The Bertz CT molecular complexity index is 345. The van der Waals surface area contributed by atoms with Crippen LogP contribution in [0.25, 0.3) is 0 Å². The van der Waals surface area contributed by atoms with Gasteiger partial charge >= 0.3 is 0 Å². The van der Waals surface area contributed by atoms with Crippen molar-refractivity contribution in [2.45, 2.75) is 19.8 Å². The van der Waals surface area contributed by atoms with Gasteiger partial charge in [0.1, 0.15) is 11.5 Å². The molecule has 1 aromatic rings. The highest BCUT2D eigenvalue weighted by molar-refractivity contribution is 5.60. The Morgan fingerprint density at radius 3 is 1.94 bits per heavy atom. The summed E-state index contributed by atoms with van der Waals surface area (Å²) in [6, 6.07) is 4.20. The molecule has 0 spiro atoms. The molecule has 0 amide bonds. The first-order valence-corrected chi connectivity index (χ1v) is 5.74. The smallest absolute Gasteiger partial charge is 0.127 e. The summed E-state index contributed by atoms with van der Waals surface area (Å²) in [5, 5.41) is 0. The second kappa shape index (κ2) is 4.64. The third-order valence-electron chi connectivity index (χ3n) is 3.21. The van der Waals surface area contributed by atoms with E-state index in [-0.39, 0.29) is 0 Å². The van der Waals surface area contributed by atoms with Gasteiger partial charge in [0.25, 0.3) is 0 Å². The zero-order chi connectivity index (χ0) is 11.5. The molecule has 2 rings (SSSR count). The lowest BCUT2D eigenvalue weighted by Crippen LogP contribution is -2.17. The molecule has 0 unspecified atom stereocenters. The van der Waals surface area contributed by atoms with E-state index in [0.717, 1.165) is 30.2 Å². The lowest BCUT2D eigenvalue weighted by Gasteiger charge is -2.20. The van der Waals surface area contributed by atoms with Crippen LogP contribution in [0.1, 0.15) is 18.4 Å². The summed E-state index contributed by atoms with van der Waals surface area (Å²) in [4.78, 5) is 2.38. The van der Waals surface area contributed by atoms with Gasteiger partial charge in [-0.3, -0.25) is 0 Å². The van der Waals surface area contributed by atoms with E-state index in [0.29, 0.717) is 0 Å². The summed E-state index contributed by atoms with van der Waals surface area (Å²) in [7, 11) is 3.41. The van der Waals surface area contributed by atoms with Crippen molar-refractivity contribution in [3.8, 4) is 11.5 Å². The number of hydrogen-bond donors (Lipinski definition) is 0. The van der Waals surface area contributed by atoms with Gasteiger partial charge in [0, 0.05) is 36.5 Å². The Balaban J connectivity index is 2.37. The summed E-state index contributed by atoms with van der Waals surface area (Å²) in [5.74, 6) is 1.81. The van der Waals surface area contributed by atoms with Crippen molar-refractivity contribution in [2.24, 2.45) is 0 Å². The highest BCUT2D eigenvalue weighted by Gasteiger charge is 2.16. The minimum atomic E-state index is 0.904. The van der Waals surface area contributed by atoms with Gasteiger partial charge in [-0.25, -0.2) is 0 Å². The van der Waals surface area contributed by atoms with Crippen molar-refractivity contribution in [3.63, 3.8) is 0 Å². The van der Waals surface area contributed by atoms with Crippen LogP contribution < -0.4 is 14.4 Å². The molecule has 3 heteroatoms. The van der Waals surface area contributed by atoms with Gasteiger partial charge in [0.15, 0.2) is 0 Å². The molecule has 0 saturated carbocycles. The Morgan fingerprint density at radius 2 is 1.50 bits per heavy atom. The predicted octanol–water partition coefficient (Wildman–Crippen LogP) is 2.61. The summed E-state index contributed by atoms with van der Waals surface area (Å²) >= 11 is 0. The average molecular weight is 221 g/mol. The van der Waals surface area contributed by atoms with Crippen LogP contribution >= 0.6 is 0 Å². The van der Waals surface area contributed by atoms with E-state index >= 15 is 0 Å². The lowest BCUT2D eigenvalue weighted by atomic mass is 10.1. The molecule has 0 atom stereocenters. The van der Waals surface area contributed by atoms with Gasteiger partial charge in [-0.1, -0.05) is 0 Å². The molecule has 1 aliphatic heterocycles. The molecule has 1 aromatic carbocycles. The molecule has 0 N–H and O–H groups in total. The van der Waals surface area contributed by atoms with Crippen LogP contribution in [0.4, 0.5) is 5.69 Å². The summed E-state index contributed by atoms with van der Waals surface area (Å²) < 4.78 is 10.8. The van der Waals surface area contributed by atoms with Crippen LogP contribution in [-0.4, -0.2) is 27.3 Å². The Labute approximate surface area is 97.0 Å². The van der Waals surface area contributed by atoms with Crippen LogP contribution in [0, 0.1) is 6.92 Å². The molecule has 3 nitrogen and oxygen atoms in total. The molecular weight excluding hydrogens is 202 g/mol. The van der Waals surface area contributed by atoms with E-state index < -0.39 is 0 Å². The third-order valence-corrected chi connectivity index (χ3v) is 3.21. The topological polar surface area (TPSA) is 21.7 Å². The molecule has 0 aliphatic carbocycles. The Morgan fingerprint density at radius 1 is 1.00 bits per heavy atom. The Kier molecular flexibility index (Phi) is 3.22. The van der Waals surface area contributed by atoms with Crippen molar-refractivity contribution in [3.05, 3.63) is 17.7 Å². The number of hydrogen-bond acceptors (Lipinski definition) is 3. The quantitative estimate of drug-likeness (QED) is 0.783. The first-order valence-electron chi connectivity index (χ1n) is 5.74. The molecular formula is C13H19NO2. The maximum atomic E-state index is 5.38. The zero-order valence-corrected chi connectivity index (χ0v) is 10.2. The summed E-state index contributed by atoms with van der Waals surface area (Å²) in [6.45, 7) is 4.29. The predicted molar refractivity (Wildman–Crippen MR) is 65.7 cm³/mol. The van der Waals surface area contributed by atoms with Gasteiger partial charge in [-0.05, 0) is 19.8 Å². The second-order valence-corrected chi connectivity index (χ2v) is 4.17. The van der Waals surface area contributed by atoms with E-state index in [4.69, 9.17) is 9.47 Å².